The lowest BCUT2D eigenvalue weighted by molar-refractivity contribution is -0.130. The highest BCUT2D eigenvalue weighted by Crippen LogP contribution is 2.33. The number of likely N-dealkylation sites (tertiary alicyclic amines) is 1. The normalized spacial score (nSPS) is 15.1. The Balaban J connectivity index is 1.60. The van der Waals surface area contributed by atoms with Gasteiger partial charge in [0.25, 0.3) is 0 Å². The van der Waals surface area contributed by atoms with Gasteiger partial charge in [0.1, 0.15) is 0 Å². The van der Waals surface area contributed by atoms with Gasteiger partial charge in [-0.25, -0.2) is 13.1 Å². The third kappa shape index (κ3) is 5.96. The number of rotatable bonds is 7. The van der Waals surface area contributed by atoms with Crippen LogP contribution in [0.4, 0.5) is 5.69 Å². The van der Waals surface area contributed by atoms with E-state index in [-0.39, 0.29) is 18.5 Å². The quantitative estimate of drug-likeness (QED) is 0.501. The van der Waals surface area contributed by atoms with Gasteiger partial charge >= 0.3 is 0 Å². The molecular formula is C21H23ClIN3O3S. The maximum atomic E-state index is 12.6. The van der Waals surface area contributed by atoms with Crippen LogP contribution in [0.3, 0.4) is 0 Å². The van der Waals surface area contributed by atoms with Crippen LogP contribution in [0.25, 0.3) is 11.1 Å². The molecule has 9 heteroatoms. The lowest BCUT2D eigenvalue weighted by Gasteiger charge is -2.32. The average molecular weight is 560 g/mol. The van der Waals surface area contributed by atoms with E-state index in [9.17, 15) is 13.2 Å². The first-order chi connectivity index (χ1) is 14.3. The van der Waals surface area contributed by atoms with Gasteiger partial charge in [-0.3, -0.25) is 4.79 Å². The molecule has 1 amide bonds. The number of anilines is 1. The summed E-state index contributed by atoms with van der Waals surface area (Å²) >= 11 is 8.62. The lowest BCUT2D eigenvalue weighted by Crippen LogP contribution is -2.47. The van der Waals surface area contributed by atoms with Crippen LogP contribution in [0.15, 0.2) is 54.5 Å². The van der Waals surface area contributed by atoms with E-state index < -0.39 is 10.0 Å². The summed E-state index contributed by atoms with van der Waals surface area (Å²) in [4.78, 5) is 14.4. The van der Waals surface area contributed by atoms with E-state index in [0.29, 0.717) is 31.0 Å². The first-order valence-corrected chi connectivity index (χ1v) is 12.5. The fraction of sp³-hybridized carbons (Fsp3) is 0.286. The Hall–Kier alpha value is -1.62. The number of nitrogens with one attached hydrogen (secondary N) is 2. The summed E-state index contributed by atoms with van der Waals surface area (Å²) in [5.74, 6) is -0.0213. The number of halogens is 2. The zero-order chi connectivity index (χ0) is 21.7. The molecule has 0 atom stereocenters. The molecule has 2 aromatic carbocycles. The predicted octanol–water partition coefficient (Wildman–Crippen LogP) is 4.08. The Bertz CT molecular complexity index is 1020. The summed E-state index contributed by atoms with van der Waals surface area (Å²) < 4.78 is 26.7. The van der Waals surface area contributed by atoms with Crippen molar-refractivity contribution in [3.8, 4) is 11.1 Å². The van der Waals surface area contributed by atoms with E-state index in [4.69, 9.17) is 11.6 Å². The summed E-state index contributed by atoms with van der Waals surface area (Å²) in [5.41, 5.74) is 2.76. The molecule has 0 aliphatic carbocycles. The van der Waals surface area contributed by atoms with Crippen LogP contribution in [0.5, 0.6) is 0 Å². The van der Waals surface area contributed by atoms with E-state index in [2.05, 4.69) is 39.2 Å². The molecule has 0 saturated carbocycles. The van der Waals surface area contributed by atoms with Crippen molar-refractivity contribution in [2.24, 2.45) is 0 Å². The third-order valence-corrected chi connectivity index (χ3v) is 7.28. The number of benzene rings is 2. The van der Waals surface area contributed by atoms with Gasteiger partial charge in [-0.15, -0.1) is 0 Å². The zero-order valence-corrected chi connectivity index (χ0v) is 20.0. The molecule has 2 N–H and O–H groups in total. The molecule has 0 bridgehead atoms. The largest absolute Gasteiger partial charge is 0.375 e. The smallest absolute Gasteiger partial charge is 0.241 e. The van der Waals surface area contributed by atoms with Gasteiger partial charge in [0, 0.05) is 44.4 Å². The maximum Gasteiger partial charge on any atom is 0.241 e. The van der Waals surface area contributed by atoms with Crippen LogP contribution in [0.2, 0.25) is 5.02 Å². The fourth-order valence-corrected chi connectivity index (χ4v) is 5.24. The van der Waals surface area contributed by atoms with Crippen LogP contribution in [0.1, 0.15) is 12.8 Å². The summed E-state index contributed by atoms with van der Waals surface area (Å²) in [6.45, 7) is 4.49. The number of piperidine rings is 1. The Morgan fingerprint density at radius 2 is 1.90 bits per heavy atom. The molecule has 1 saturated heterocycles. The molecule has 0 spiro atoms. The Morgan fingerprint density at radius 3 is 2.53 bits per heavy atom. The monoisotopic (exact) mass is 559 g/mol. The number of carbonyl (C=O) groups is 1. The highest BCUT2D eigenvalue weighted by atomic mass is 127. The topological polar surface area (TPSA) is 78.5 Å². The third-order valence-electron chi connectivity index (χ3n) is 4.97. The molecule has 3 rings (SSSR count). The molecule has 0 aromatic heterocycles. The van der Waals surface area contributed by atoms with Gasteiger partial charge in [0.15, 0.2) is 0 Å². The van der Waals surface area contributed by atoms with Gasteiger partial charge in [0.05, 0.1) is 6.54 Å². The Morgan fingerprint density at radius 1 is 1.23 bits per heavy atom. The number of hydrogen-bond donors (Lipinski definition) is 2. The second kappa shape index (κ2) is 10.1. The maximum absolute atomic E-state index is 12.6. The summed E-state index contributed by atoms with van der Waals surface area (Å²) in [6.07, 6.45) is 1.16. The molecule has 1 aliphatic heterocycles. The zero-order valence-electron chi connectivity index (χ0n) is 16.3. The van der Waals surface area contributed by atoms with Crippen molar-refractivity contribution in [1.29, 1.82) is 0 Å². The fourth-order valence-electron chi connectivity index (χ4n) is 3.33. The van der Waals surface area contributed by atoms with E-state index in [1.165, 1.54) is 0 Å². The number of nitrogens with zero attached hydrogens (tertiary/aromatic N) is 1. The van der Waals surface area contributed by atoms with Crippen molar-refractivity contribution >= 4 is 55.8 Å². The first-order valence-electron chi connectivity index (χ1n) is 9.50. The summed E-state index contributed by atoms with van der Waals surface area (Å²) in [5, 5.41) is 4.79. The second-order valence-electron chi connectivity index (χ2n) is 7.02. The number of sulfonamides is 1. The number of amides is 1. The van der Waals surface area contributed by atoms with Gasteiger partial charge in [-0.2, -0.15) is 0 Å². The Labute approximate surface area is 195 Å². The van der Waals surface area contributed by atoms with Gasteiger partial charge in [-0.1, -0.05) is 48.5 Å². The van der Waals surface area contributed by atoms with Crippen molar-refractivity contribution in [2.45, 2.75) is 18.9 Å². The van der Waals surface area contributed by atoms with Gasteiger partial charge in [0.2, 0.25) is 15.9 Å². The molecule has 1 fully saturated rings. The van der Waals surface area contributed by atoms with E-state index in [0.717, 1.165) is 25.8 Å². The summed E-state index contributed by atoms with van der Waals surface area (Å²) in [7, 11) is -3.45. The number of hydrogen-bond acceptors (Lipinski definition) is 4. The van der Waals surface area contributed by atoms with Crippen molar-refractivity contribution in [3.05, 3.63) is 63.0 Å². The van der Waals surface area contributed by atoms with Crippen LogP contribution >= 0.6 is 34.2 Å². The van der Waals surface area contributed by atoms with E-state index in [1.807, 2.05) is 42.5 Å². The molecule has 1 heterocycles. The number of carbonyl (C=O) groups excluding carboxylic acids is 1. The van der Waals surface area contributed by atoms with Gasteiger partial charge in [-0.05, 0) is 53.1 Å². The van der Waals surface area contributed by atoms with E-state index in [1.54, 1.807) is 4.90 Å². The standard InChI is InChI=1S/C21H23ClIN3O3S/c1-2-30(28,29)25-16-8-10-26(11-9-16)21(27)14-24-20-12-17(18(22)13-19(20)23)15-6-4-3-5-7-15/h2-7,12-13,16,24-25H,1,8-11,14H2. The lowest BCUT2D eigenvalue weighted by atomic mass is 10.0. The second-order valence-corrected chi connectivity index (χ2v) is 10.2. The summed E-state index contributed by atoms with van der Waals surface area (Å²) in [6, 6.07) is 13.5. The van der Waals surface area contributed by atoms with Crippen molar-refractivity contribution in [2.75, 3.05) is 25.0 Å². The minimum atomic E-state index is -3.45. The molecule has 0 radical (unpaired) electrons. The van der Waals surface area contributed by atoms with Crippen molar-refractivity contribution in [1.82, 2.24) is 9.62 Å². The molecule has 2 aromatic rings. The van der Waals surface area contributed by atoms with E-state index >= 15 is 0 Å². The highest BCUT2D eigenvalue weighted by molar-refractivity contribution is 14.1. The molecule has 6 nitrogen and oxygen atoms in total. The average Bonchev–Trinajstić information content (AvgIpc) is 2.74. The molecule has 30 heavy (non-hydrogen) atoms. The minimum Gasteiger partial charge on any atom is -0.375 e. The molecule has 1 aliphatic rings. The van der Waals surface area contributed by atoms with Crippen LogP contribution in [-0.2, 0) is 14.8 Å². The minimum absolute atomic E-state index is 0.0213. The molecule has 0 unspecified atom stereocenters. The van der Waals surface area contributed by atoms with Crippen LogP contribution in [-0.4, -0.2) is 44.9 Å². The Kier molecular flexibility index (Phi) is 7.78. The SMILES string of the molecule is C=CS(=O)(=O)NC1CCN(C(=O)CNc2cc(-c3ccccc3)c(Cl)cc2I)CC1. The first kappa shape index (κ1) is 23.1. The van der Waals surface area contributed by atoms with Gasteiger partial charge < -0.3 is 10.2 Å². The predicted molar refractivity (Wildman–Crippen MR) is 130 cm³/mol. The van der Waals surface area contributed by atoms with Crippen LogP contribution < -0.4 is 10.0 Å². The van der Waals surface area contributed by atoms with Crippen LogP contribution in [0, 0.1) is 3.57 Å². The van der Waals surface area contributed by atoms with Crippen molar-refractivity contribution in [3.63, 3.8) is 0 Å². The molecular weight excluding hydrogens is 537 g/mol. The molecule has 160 valence electrons. The highest BCUT2D eigenvalue weighted by Gasteiger charge is 2.25. The van der Waals surface area contributed by atoms with Crippen molar-refractivity contribution < 1.29 is 13.2 Å².